The second-order valence-corrected chi connectivity index (χ2v) is 16.6. The van der Waals surface area contributed by atoms with Crippen LogP contribution in [0.3, 0.4) is 0 Å². The Bertz CT molecular complexity index is 3650. The predicted molar refractivity (Wildman–Crippen MR) is 276 cm³/mol. The number of anilines is 6. The number of nitrogens with zero attached hydrogens (tertiary/aromatic N) is 3. The number of fused-ring (bicyclic) bond motifs is 5. The summed E-state index contributed by atoms with van der Waals surface area (Å²) >= 11 is 0. The fourth-order valence-corrected chi connectivity index (χ4v) is 9.63. The molecule has 0 saturated carbocycles. The molecule has 0 spiro atoms. The normalized spacial score (nSPS) is 11.4. The van der Waals surface area contributed by atoms with Crippen LogP contribution < -0.4 is 9.80 Å². The van der Waals surface area contributed by atoms with Gasteiger partial charge in [0.2, 0.25) is 0 Å². The molecule has 0 fully saturated rings. The van der Waals surface area contributed by atoms with E-state index in [1.54, 1.807) is 0 Å². The molecule has 65 heavy (non-hydrogen) atoms. The number of para-hydroxylation sites is 4. The summed E-state index contributed by atoms with van der Waals surface area (Å²) in [6.07, 6.45) is 0. The number of aromatic nitrogens is 1. The third kappa shape index (κ3) is 6.97. The van der Waals surface area contributed by atoms with Crippen LogP contribution in [0.2, 0.25) is 0 Å². The van der Waals surface area contributed by atoms with Crippen LogP contribution in [0.25, 0.3) is 71.3 Å². The maximum atomic E-state index is 2.41. The van der Waals surface area contributed by atoms with E-state index in [4.69, 9.17) is 0 Å². The molecule has 12 rings (SSSR count). The molecule has 1 heterocycles. The molecule has 0 amide bonds. The Labute approximate surface area is 378 Å². The van der Waals surface area contributed by atoms with Crippen molar-refractivity contribution in [1.29, 1.82) is 0 Å². The topological polar surface area (TPSA) is 11.4 Å². The van der Waals surface area contributed by atoms with E-state index in [0.29, 0.717) is 0 Å². The highest BCUT2D eigenvalue weighted by molar-refractivity contribution is 6.10. The zero-order chi connectivity index (χ0) is 43.1. The molecular formula is C62H43N3. The van der Waals surface area contributed by atoms with E-state index in [9.17, 15) is 0 Å². The van der Waals surface area contributed by atoms with E-state index in [0.717, 1.165) is 50.9 Å². The highest BCUT2D eigenvalue weighted by Crippen LogP contribution is 2.45. The van der Waals surface area contributed by atoms with Crippen LogP contribution in [-0.4, -0.2) is 4.57 Å². The maximum absolute atomic E-state index is 2.41. The Balaban J connectivity index is 1.04. The first-order chi connectivity index (χ1) is 32.2. The van der Waals surface area contributed by atoms with E-state index >= 15 is 0 Å². The molecule has 0 radical (unpaired) electrons. The molecule has 0 aliphatic heterocycles. The van der Waals surface area contributed by atoms with Gasteiger partial charge in [0, 0.05) is 50.3 Å². The molecule has 0 aliphatic carbocycles. The zero-order valence-electron chi connectivity index (χ0n) is 35.7. The maximum Gasteiger partial charge on any atom is 0.0541 e. The highest BCUT2D eigenvalue weighted by atomic mass is 15.2. The smallest absolute Gasteiger partial charge is 0.0541 e. The first-order valence-electron chi connectivity index (χ1n) is 22.3. The van der Waals surface area contributed by atoms with Crippen molar-refractivity contribution in [3.8, 4) is 27.9 Å². The van der Waals surface area contributed by atoms with Crippen LogP contribution in [0.15, 0.2) is 261 Å². The van der Waals surface area contributed by atoms with Crippen molar-refractivity contribution >= 4 is 77.5 Å². The molecule has 1 aromatic heterocycles. The number of hydrogen-bond acceptors (Lipinski definition) is 2. The second-order valence-electron chi connectivity index (χ2n) is 16.6. The lowest BCUT2D eigenvalue weighted by Crippen LogP contribution is -2.14. The second kappa shape index (κ2) is 16.2. The quantitative estimate of drug-likeness (QED) is 0.144. The molecule has 12 aromatic rings. The summed E-state index contributed by atoms with van der Waals surface area (Å²) < 4.78 is 2.37. The van der Waals surface area contributed by atoms with Gasteiger partial charge in [-0.25, -0.2) is 0 Å². The number of rotatable bonds is 9. The van der Waals surface area contributed by atoms with Gasteiger partial charge >= 0.3 is 0 Å². The van der Waals surface area contributed by atoms with Crippen molar-refractivity contribution in [1.82, 2.24) is 4.57 Å². The Hall–Kier alpha value is -8.66. The Morgan fingerprint density at radius 1 is 0.246 bits per heavy atom. The Kier molecular flexibility index (Phi) is 9.50. The molecule has 306 valence electrons. The average molecular weight is 830 g/mol. The lowest BCUT2D eigenvalue weighted by atomic mass is 9.97. The fraction of sp³-hybridized carbons (Fsp3) is 0. The van der Waals surface area contributed by atoms with E-state index in [-0.39, 0.29) is 0 Å². The summed E-state index contributed by atoms with van der Waals surface area (Å²) in [5.41, 5.74) is 14.7. The predicted octanol–water partition coefficient (Wildman–Crippen LogP) is 17.4. The van der Waals surface area contributed by atoms with Gasteiger partial charge in [0.15, 0.2) is 0 Å². The average Bonchev–Trinajstić information content (AvgIpc) is 3.71. The van der Waals surface area contributed by atoms with Gasteiger partial charge in [0.25, 0.3) is 0 Å². The third-order valence-corrected chi connectivity index (χ3v) is 12.7. The van der Waals surface area contributed by atoms with Gasteiger partial charge in [-0.1, -0.05) is 170 Å². The van der Waals surface area contributed by atoms with Crippen LogP contribution in [0, 0.1) is 0 Å². The van der Waals surface area contributed by atoms with Gasteiger partial charge in [-0.3, -0.25) is 0 Å². The van der Waals surface area contributed by atoms with Gasteiger partial charge in [0.05, 0.1) is 16.7 Å². The van der Waals surface area contributed by atoms with Gasteiger partial charge < -0.3 is 14.4 Å². The molecule has 0 saturated heterocycles. The van der Waals surface area contributed by atoms with Gasteiger partial charge in [-0.05, 0) is 129 Å². The molecule has 0 bridgehead atoms. The fourth-order valence-electron chi connectivity index (χ4n) is 9.63. The molecule has 3 nitrogen and oxygen atoms in total. The Morgan fingerprint density at radius 3 is 1.52 bits per heavy atom. The van der Waals surface area contributed by atoms with E-state index in [1.807, 2.05) is 0 Å². The van der Waals surface area contributed by atoms with Crippen LogP contribution in [-0.2, 0) is 0 Å². The van der Waals surface area contributed by atoms with Crippen molar-refractivity contribution in [2.75, 3.05) is 9.80 Å². The third-order valence-electron chi connectivity index (χ3n) is 12.7. The largest absolute Gasteiger partial charge is 0.310 e. The number of benzene rings is 11. The molecule has 0 N–H and O–H groups in total. The molecular weight excluding hydrogens is 787 g/mol. The molecule has 0 aliphatic rings. The summed E-state index contributed by atoms with van der Waals surface area (Å²) in [5, 5.41) is 7.29. The zero-order valence-corrected chi connectivity index (χ0v) is 35.7. The molecule has 0 unspecified atom stereocenters. The van der Waals surface area contributed by atoms with Crippen LogP contribution in [0.4, 0.5) is 34.1 Å². The standard InChI is InChI=1S/C62H43N3/c1-4-21-51(22-5-1)63(54-37-35-44-17-10-11-19-48(44)39-54)55-40-50(41-56(43-55)64(52-23-6-2-7-24-52)60-30-16-20-47-18-12-13-27-57(47)60)46-33-31-45(32-34-46)49-36-38-62-59(42-49)58-28-14-15-29-61(58)65(62)53-25-8-3-9-26-53/h1-43H. The summed E-state index contributed by atoms with van der Waals surface area (Å²) in [6.45, 7) is 0. The van der Waals surface area contributed by atoms with E-state index < -0.39 is 0 Å². The summed E-state index contributed by atoms with van der Waals surface area (Å²) in [4.78, 5) is 4.80. The van der Waals surface area contributed by atoms with Crippen LogP contribution in [0.5, 0.6) is 0 Å². The lowest BCUT2D eigenvalue weighted by molar-refractivity contribution is 1.18. The minimum atomic E-state index is 1.06. The minimum Gasteiger partial charge on any atom is -0.310 e. The van der Waals surface area contributed by atoms with Crippen molar-refractivity contribution in [2.24, 2.45) is 0 Å². The first-order valence-corrected chi connectivity index (χ1v) is 22.3. The molecule has 11 aromatic carbocycles. The van der Waals surface area contributed by atoms with Crippen molar-refractivity contribution < 1.29 is 0 Å². The highest BCUT2D eigenvalue weighted by Gasteiger charge is 2.21. The molecule has 3 heteroatoms. The van der Waals surface area contributed by atoms with E-state index in [1.165, 1.54) is 54.5 Å². The van der Waals surface area contributed by atoms with Crippen molar-refractivity contribution in [3.63, 3.8) is 0 Å². The first kappa shape index (κ1) is 38.0. The summed E-state index contributed by atoms with van der Waals surface area (Å²) in [5.74, 6) is 0. The van der Waals surface area contributed by atoms with Crippen LogP contribution >= 0.6 is 0 Å². The minimum absolute atomic E-state index is 1.06. The van der Waals surface area contributed by atoms with Gasteiger partial charge in [-0.15, -0.1) is 0 Å². The van der Waals surface area contributed by atoms with E-state index in [2.05, 4.69) is 275 Å². The lowest BCUT2D eigenvalue weighted by Gasteiger charge is -2.31. The Morgan fingerprint density at radius 2 is 0.785 bits per heavy atom. The van der Waals surface area contributed by atoms with Crippen LogP contribution in [0.1, 0.15) is 0 Å². The summed E-state index contributed by atoms with van der Waals surface area (Å²) in [7, 11) is 0. The van der Waals surface area contributed by atoms with Crippen molar-refractivity contribution in [3.05, 3.63) is 261 Å². The van der Waals surface area contributed by atoms with Gasteiger partial charge in [0.1, 0.15) is 0 Å². The molecule has 0 atom stereocenters. The van der Waals surface area contributed by atoms with Gasteiger partial charge in [-0.2, -0.15) is 0 Å². The SMILES string of the molecule is c1ccc(N(c2cc(-c3ccc(-c4ccc5c(c4)c4ccccc4n5-c4ccccc4)cc3)cc(N(c3ccccc3)c3cccc4ccccc34)c2)c2ccc3ccccc3c2)cc1. The summed E-state index contributed by atoms with van der Waals surface area (Å²) in [6, 6.07) is 94.5. The number of hydrogen-bond donors (Lipinski definition) is 0. The monoisotopic (exact) mass is 829 g/mol. The van der Waals surface area contributed by atoms with Crippen molar-refractivity contribution in [2.45, 2.75) is 0 Å².